The summed E-state index contributed by atoms with van der Waals surface area (Å²) in [6, 6.07) is 9.16. The summed E-state index contributed by atoms with van der Waals surface area (Å²) in [6.45, 7) is 8.30. The number of thioether (sulfide) groups is 1. The van der Waals surface area contributed by atoms with E-state index >= 15 is 0 Å². The monoisotopic (exact) mass is 266 g/mol. The van der Waals surface area contributed by atoms with E-state index in [1.165, 1.54) is 22.8 Å². The van der Waals surface area contributed by atoms with Gasteiger partial charge in [0.1, 0.15) is 0 Å². The van der Waals surface area contributed by atoms with Crippen molar-refractivity contribution in [1.29, 1.82) is 0 Å². The molecule has 0 saturated heterocycles. The molecule has 2 nitrogen and oxygen atoms in total. The fraction of sp³-hybridized carbons (Fsp3) is 0.600. The van der Waals surface area contributed by atoms with Crippen LogP contribution >= 0.6 is 11.8 Å². The maximum absolute atomic E-state index is 5.96. The molecule has 1 unspecified atom stereocenters. The van der Waals surface area contributed by atoms with Crippen molar-refractivity contribution >= 4 is 17.4 Å². The standard InChI is InChI=1S/C15H26N2S/c1-4-17(14-8-6-7-13(3)11-14)15(12-16)9-10-18-5-2/h6-8,11,15H,4-5,9-10,12,16H2,1-3H3. The van der Waals surface area contributed by atoms with Crippen LogP contribution in [0.15, 0.2) is 24.3 Å². The molecule has 0 aliphatic carbocycles. The van der Waals surface area contributed by atoms with E-state index < -0.39 is 0 Å². The van der Waals surface area contributed by atoms with Crippen LogP contribution in [0.1, 0.15) is 25.8 Å². The molecule has 0 fully saturated rings. The van der Waals surface area contributed by atoms with Crippen LogP contribution in [-0.2, 0) is 0 Å². The molecule has 0 radical (unpaired) electrons. The summed E-state index contributed by atoms with van der Waals surface area (Å²) >= 11 is 2.00. The van der Waals surface area contributed by atoms with Crippen LogP contribution in [0.2, 0.25) is 0 Å². The molecule has 3 heteroatoms. The first kappa shape index (κ1) is 15.4. The molecule has 1 aromatic carbocycles. The molecule has 0 bridgehead atoms. The van der Waals surface area contributed by atoms with Gasteiger partial charge in [0.25, 0.3) is 0 Å². The quantitative estimate of drug-likeness (QED) is 0.732. The van der Waals surface area contributed by atoms with Crippen molar-refractivity contribution in [3.8, 4) is 0 Å². The number of anilines is 1. The summed E-state index contributed by atoms with van der Waals surface area (Å²) in [4.78, 5) is 2.43. The topological polar surface area (TPSA) is 29.3 Å². The van der Waals surface area contributed by atoms with Crippen LogP contribution < -0.4 is 10.6 Å². The summed E-state index contributed by atoms with van der Waals surface area (Å²) in [5, 5.41) is 0. The molecular formula is C15H26N2S. The lowest BCUT2D eigenvalue weighted by Gasteiger charge is -2.32. The van der Waals surface area contributed by atoms with Gasteiger partial charge in [0.15, 0.2) is 0 Å². The van der Waals surface area contributed by atoms with Crippen LogP contribution in [0.4, 0.5) is 5.69 Å². The Morgan fingerprint density at radius 3 is 2.67 bits per heavy atom. The number of hydrogen-bond donors (Lipinski definition) is 1. The molecular weight excluding hydrogens is 240 g/mol. The number of likely N-dealkylation sites (N-methyl/N-ethyl adjacent to an activating group) is 1. The van der Waals surface area contributed by atoms with E-state index in [2.05, 4.69) is 49.9 Å². The first-order chi connectivity index (χ1) is 8.72. The van der Waals surface area contributed by atoms with E-state index in [1.54, 1.807) is 0 Å². The molecule has 102 valence electrons. The van der Waals surface area contributed by atoms with Crippen molar-refractivity contribution in [2.45, 2.75) is 33.2 Å². The fourth-order valence-electron chi connectivity index (χ4n) is 2.22. The minimum absolute atomic E-state index is 0.454. The van der Waals surface area contributed by atoms with E-state index in [4.69, 9.17) is 5.73 Å². The molecule has 0 heterocycles. The molecule has 0 aliphatic rings. The van der Waals surface area contributed by atoms with Crippen molar-refractivity contribution in [3.63, 3.8) is 0 Å². The maximum Gasteiger partial charge on any atom is 0.0420 e. The predicted octanol–water partition coefficient (Wildman–Crippen LogP) is 3.29. The highest BCUT2D eigenvalue weighted by atomic mass is 32.2. The number of nitrogens with zero attached hydrogens (tertiary/aromatic N) is 1. The summed E-state index contributed by atoms with van der Waals surface area (Å²) < 4.78 is 0. The number of nitrogens with two attached hydrogens (primary N) is 1. The molecule has 0 aliphatic heterocycles. The Labute approximate surface area is 116 Å². The summed E-state index contributed by atoms with van der Waals surface area (Å²) in [5.41, 5.74) is 8.57. The maximum atomic E-state index is 5.96. The third kappa shape index (κ3) is 4.54. The Balaban J connectivity index is 2.73. The summed E-state index contributed by atoms with van der Waals surface area (Å²) in [5.74, 6) is 2.38. The highest BCUT2D eigenvalue weighted by Gasteiger charge is 2.15. The zero-order chi connectivity index (χ0) is 13.4. The number of hydrogen-bond acceptors (Lipinski definition) is 3. The lowest BCUT2D eigenvalue weighted by atomic mass is 10.1. The smallest absolute Gasteiger partial charge is 0.0420 e. The van der Waals surface area contributed by atoms with Gasteiger partial charge in [0.2, 0.25) is 0 Å². The van der Waals surface area contributed by atoms with Gasteiger partial charge in [0.05, 0.1) is 0 Å². The van der Waals surface area contributed by atoms with E-state index in [1.807, 2.05) is 11.8 Å². The predicted molar refractivity (Wildman–Crippen MR) is 84.7 cm³/mol. The van der Waals surface area contributed by atoms with Crippen molar-refractivity contribution in [1.82, 2.24) is 0 Å². The number of benzene rings is 1. The van der Waals surface area contributed by atoms with Gasteiger partial charge >= 0.3 is 0 Å². The lowest BCUT2D eigenvalue weighted by Crippen LogP contribution is -2.41. The Morgan fingerprint density at radius 1 is 1.33 bits per heavy atom. The highest BCUT2D eigenvalue weighted by molar-refractivity contribution is 7.99. The van der Waals surface area contributed by atoms with Gasteiger partial charge in [-0.3, -0.25) is 0 Å². The lowest BCUT2D eigenvalue weighted by molar-refractivity contribution is 0.595. The first-order valence-corrected chi connectivity index (χ1v) is 7.99. The zero-order valence-electron chi connectivity index (χ0n) is 11.9. The van der Waals surface area contributed by atoms with Gasteiger partial charge < -0.3 is 10.6 Å². The molecule has 0 aromatic heterocycles. The van der Waals surface area contributed by atoms with Gasteiger partial charge in [-0.05, 0) is 49.5 Å². The molecule has 1 aromatic rings. The largest absolute Gasteiger partial charge is 0.368 e. The minimum atomic E-state index is 0.454. The first-order valence-electron chi connectivity index (χ1n) is 6.84. The van der Waals surface area contributed by atoms with Crippen LogP contribution in [0, 0.1) is 6.92 Å². The van der Waals surface area contributed by atoms with Gasteiger partial charge in [-0.1, -0.05) is 19.1 Å². The molecule has 0 saturated carbocycles. The van der Waals surface area contributed by atoms with E-state index in [-0.39, 0.29) is 0 Å². The third-order valence-corrected chi connectivity index (χ3v) is 4.12. The summed E-state index contributed by atoms with van der Waals surface area (Å²) in [6.07, 6.45) is 1.16. The van der Waals surface area contributed by atoms with Crippen LogP contribution in [0.3, 0.4) is 0 Å². The van der Waals surface area contributed by atoms with E-state index in [0.29, 0.717) is 6.04 Å². The molecule has 18 heavy (non-hydrogen) atoms. The molecule has 1 rings (SSSR count). The van der Waals surface area contributed by atoms with Crippen molar-refractivity contribution < 1.29 is 0 Å². The number of aryl methyl sites for hydroxylation is 1. The SMILES string of the molecule is CCSCCC(CN)N(CC)c1cccc(C)c1. The molecule has 0 amide bonds. The Hall–Kier alpha value is -0.670. The second-order valence-corrected chi connectivity index (χ2v) is 5.89. The third-order valence-electron chi connectivity index (χ3n) is 3.19. The van der Waals surface area contributed by atoms with Gasteiger partial charge in [-0.25, -0.2) is 0 Å². The molecule has 2 N–H and O–H groups in total. The zero-order valence-corrected chi connectivity index (χ0v) is 12.7. The van der Waals surface area contributed by atoms with E-state index in [0.717, 1.165) is 19.5 Å². The van der Waals surface area contributed by atoms with Crippen molar-refractivity contribution in [2.75, 3.05) is 29.5 Å². The number of rotatable bonds is 8. The average Bonchev–Trinajstić information content (AvgIpc) is 2.38. The Bertz CT molecular complexity index is 341. The van der Waals surface area contributed by atoms with Crippen molar-refractivity contribution in [2.24, 2.45) is 5.73 Å². The second kappa shape index (κ2) is 8.44. The van der Waals surface area contributed by atoms with Crippen molar-refractivity contribution in [3.05, 3.63) is 29.8 Å². The highest BCUT2D eigenvalue weighted by Crippen LogP contribution is 2.20. The fourth-order valence-corrected chi connectivity index (χ4v) is 2.95. The van der Waals surface area contributed by atoms with Gasteiger partial charge in [-0.2, -0.15) is 11.8 Å². The van der Waals surface area contributed by atoms with E-state index in [9.17, 15) is 0 Å². The second-order valence-electron chi connectivity index (χ2n) is 4.50. The summed E-state index contributed by atoms with van der Waals surface area (Å²) in [7, 11) is 0. The molecule has 0 spiro atoms. The van der Waals surface area contributed by atoms with Crippen LogP contribution in [-0.4, -0.2) is 30.6 Å². The van der Waals surface area contributed by atoms with Gasteiger partial charge in [-0.15, -0.1) is 0 Å². The minimum Gasteiger partial charge on any atom is -0.368 e. The normalized spacial score (nSPS) is 12.4. The van der Waals surface area contributed by atoms with Crippen LogP contribution in [0.25, 0.3) is 0 Å². The van der Waals surface area contributed by atoms with Crippen LogP contribution in [0.5, 0.6) is 0 Å². The Morgan fingerprint density at radius 2 is 2.11 bits per heavy atom. The van der Waals surface area contributed by atoms with Gasteiger partial charge in [0, 0.05) is 24.8 Å². The molecule has 1 atom stereocenters. The average molecular weight is 266 g/mol. The Kier molecular flexibility index (Phi) is 7.21.